The van der Waals surface area contributed by atoms with Crippen LogP contribution in [-0.2, 0) is 0 Å². The number of hydrogen-bond donors (Lipinski definition) is 1. The Hall–Kier alpha value is -2.51. The molecule has 4 rings (SSSR count). The van der Waals surface area contributed by atoms with E-state index in [4.69, 9.17) is 9.47 Å². The van der Waals surface area contributed by atoms with E-state index in [2.05, 4.69) is 29.4 Å². The van der Waals surface area contributed by atoms with E-state index in [1.165, 1.54) is 19.4 Å². The maximum Gasteiger partial charge on any atom is 0.266 e. The first kappa shape index (κ1) is 21.7. The van der Waals surface area contributed by atoms with E-state index in [0.717, 1.165) is 17.9 Å². The molecule has 3 aromatic rings. The molecule has 1 saturated heterocycles. The smallest absolute Gasteiger partial charge is 0.266 e. The number of nitrogens with zero attached hydrogens (tertiary/aromatic N) is 3. The number of thiol groups is 1. The second-order valence-electron chi connectivity index (χ2n) is 8.07. The lowest BCUT2D eigenvalue weighted by atomic mass is 10.2. The minimum Gasteiger partial charge on any atom is -0.493 e. The van der Waals surface area contributed by atoms with Gasteiger partial charge in [-0.05, 0) is 70.0 Å². The predicted octanol–water partition coefficient (Wildman–Crippen LogP) is 4.24. The van der Waals surface area contributed by atoms with Crippen molar-refractivity contribution in [1.82, 2.24) is 14.5 Å². The van der Waals surface area contributed by atoms with Gasteiger partial charge in [0.05, 0.1) is 30.3 Å². The zero-order chi connectivity index (χ0) is 22.0. The van der Waals surface area contributed by atoms with E-state index in [1.807, 2.05) is 37.3 Å². The van der Waals surface area contributed by atoms with Crippen LogP contribution in [0.25, 0.3) is 16.6 Å². The van der Waals surface area contributed by atoms with E-state index < -0.39 is 0 Å². The van der Waals surface area contributed by atoms with Crippen molar-refractivity contribution in [3.05, 3.63) is 52.6 Å². The van der Waals surface area contributed by atoms with Gasteiger partial charge in [-0.25, -0.2) is 4.98 Å². The quantitative estimate of drug-likeness (QED) is 0.441. The Morgan fingerprint density at radius 2 is 2.03 bits per heavy atom. The number of rotatable bonds is 7. The molecule has 0 amide bonds. The van der Waals surface area contributed by atoms with Crippen molar-refractivity contribution >= 4 is 23.5 Å². The van der Waals surface area contributed by atoms with Crippen LogP contribution in [0.1, 0.15) is 32.0 Å². The molecule has 6 nitrogen and oxygen atoms in total. The second kappa shape index (κ2) is 9.32. The lowest BCUT2D eigenvalue weighted by molar-refractivity contribution is 0.226. The highest BCUT2D eigenvalue weighted by Crippen LogP contribution is 2.30. The molecule has 0 N–H and O–H groups in total. The van der Waals surface area contributed by atoms with Gasteiger partial charge in [-0.15, -0.1) is 12.6 Å². The maximum atomic E-state index is 13.2. The molecular weight excluding hydrogens is 410 g/mol. The largest absolute Gasteiger partial charge is 0.493 e. The highest BCUT2D eigenvalue weighted by Gasteiger charge is 2.19. The lowest BCUT2D eigenvalue weighted by Gasteiger charge is -2.21. The Morgan fingerprint density at radius 3 is 2.77 bits per heavy atom. The first-order valence-electron chi connectivity index (χ1n) is 10.8. The molecule has 31 heavy (non-hydrogen) atoms. The first-order valence-corrected chi connectivity index (χ1v) is 11.2. The van der Waals surface area contributed by atoms with Gasteiger partial charge in [-0.3, -0.25) is 9.36 Å². The van der Waals surface area contributed by atoms with Crippen LogP contribution in [0.5, 0.6) is 11.5 Å². The van der Waals surface area contributed by atoms with Gasteiger partial charge < -0.3 is 14.4 Å². The van der Waals surface area contributed by atoms with Gasteiger partial charge >= 0.3 is 0 Å². The summed E-state index contributed by atoms with van der Waals surface area (Å²) in [6, 6.07) is 11.6. The fourth-order valence-corrected chi connectivity index (χ4v) is 4.48. The van der Waals surface area contributed by atoms with Crippen molar-refractivity contribution in [1.29, 1.82) is 0 Å². The summed E-state index contributed by atoms with van der Waals surface area (Å²) in [7, 11) is 1.61. The van der Waals surface area contributed by atoms with Gasteiger partial charge in [0.1, 0.15) is 5.82 Å². The number of aryl methyl sites for hydroxylation is 1. The number of ether oxygens (including phenoxy) is 2. The summed E-state index contributed by atoms with van der Waals surface area (Å²) in [5.41, 5.74) is 1.22. The molecule has 2 heterocycles. The van der Waals surface area contributed by atoms with Gasteiger partial charge in [0.15, 0.2) is 11.5 Å². The zero-order valence-electron chi connectivity index (χ0n) is 18.3. The van der Waals surface area contributed by atoms with Crippen LogP contribution in [-0.4, -0.2) is 47.3 Å². The van der Waals surface area contributed by atoms with E-state index in [1.54, 1.807) is 17.7 Å². The third kappa shape index (κ3) is 4.57. The second-order valence-corrected chi connectivity index (χ2v) is 8.58. The van der Waals surface area contributed by atoms with Crippen LogP contribution in [0.4, 0.5) is 0 Å². The lowest BCUT2D eigenvalue weighted by Crippen LogP contribution is -2.28. The normalized spacial score (nSPS) is 16.7. The van der Waals surface area contributed by atoms with E-state index in [9.17, 15) is 4.79 Å². The van der Waals surface area contributed by atoms with Crippen LogP contribution in [0.3, 0.4) is 0 Å². The highest BCUT2D eigenvalue weighted by atomic mass is 32.1. The Balaban J connectivity index is 1.55. The molecule has 1 aliphatic heterocycles. The number of hydrogen-bond acceptors (Lipinski definition) is 6. The minimum atomic E-state index is -0.131. The molecule has 0 spiro atoms. The molecule has 1 aliphatic rings. The summed E-state index contributed by atoms with van der Waals surface area (Å²) in [6.45, 7) is 6.97. The Bertz CT molecular complexity index is 1140. The number of fused-ring (bicyclic) bond motifs is 1. The van der Waals surface area contributed by atoms with Crippen LogP contribution in [0.15, 0.2) is 46.1 Å². The molecule has 1 fully saturated rings. The molecular formula is C24H29N3O3S. The van der Waals surface area contributed by atoms with Crippen molar-refractivity contribution in [2.45, 2.75) is 44.0 Å². The van der Waals surface area contributed by atoms with E-state index >= 15 is 0 Å². The molecule has 0 unspecified atom stereocenters. The summed E-state index contributed by atoms with van der Waals surface area (Å²) < 4.78 is 13.1. The molecule has 2 aromatic carbocycles. The summed E-state index contributed by atoms with van der Waals surface area (Å²) in [5.74, 6) is 1.89. The van der Waals surface area contributed by atoms with Crippen LogP contribution in [0.2, 0.25) is 0 Å². The van der Waals surface area contributed by atoms with Crippen molar-refractivity contribution < 1.29 is 9.47 Å². The summed E-state index contributed by atoms with van der Waals surface area (Å²) in [4.78, 5) is 21.0. The maximum absolute atomic E-state index is 13.2. The number of benzene rings is 2. The van der Waals surface area contributed by atoms with Gasteiger partial charge in [0.2, 0.25) is 0 Å². The molecule has 1 aromatic heterocycles. The van der Waals surface area contributed by atoms with Crippen molar-refractivity contribution in [3.63, 3.8) is 0 Å². The number of likely N-dealkylation sites (tertiary alicyclic amines) is 1. The van der Waals surface area contributed by atoms with Gasteiger partial charge in [-0.2, -0.15) is 0 Å². The Labute approximate surface area is 188 Å². The number of aromatic nitrogens is 2. The number of methoxy groups -OCH3 is 1. The standard InChI is InChI=1S/C24H29N3O3S/c1-16-6-4-11-26(16)12-5-13-30-22-10-7-18(14-23(22)29-3)27-17(2)25-21-9-8-19(31)15-20(21)24(27)28/h7-10,14-16,31H,4-6,11-13H2,1-3H3/t16-/m1/s1. The van der Waals surface area contributed by atoms with Gasteiger partial charge in [0, 0.05) is 23.5 Å². The van der Waals surface area contributed by atoms with E-state index in [0.29, 0.717) is 46.6 Å². The average Bonchev–Trinajstić information content (AvgIpc) is 3.17. The third-order valence-corrected chi connectivity index (χ3v) is 6.24. The van der Waals surface area contributed by atoms with Gasteiger partial charge in [-0.1, -0.05) is 0 Å². The van der Waals surface area contributed by atoms with Crippen molar-refractivity contribution in [3.8, 4) is 17.2 Å². The monoisotopic (exact) mass is 439 g/mol. The SMILES string of the molecule is COc1cc(-n2c(C)nc3ccc(S)cc3c2=O)ccc1OCCCN1CCC[C@H]1C. The molecule has 7 heteroatoms. The van der Waals surface area contributed by atoms with Crippen molar-refractivity contribution in [2.75, 3.05) is 26.8 Å². The van der Waals surface area contributed by atoms with Gasteiger partial charge in [0.25, 0.3) is 5.56 Å². The highest BCUT2D eigenvalue weighted by molar-refractivity contribution is 7.80. The minimum absolute atomic E-state index is 0.131. The van der Waals surface area contributed by atoms with Crippen LogP contribution in [0, 0.1) is 6.92 Å². The first-order chi connectivity index (χ1) is 15.0. The molecule has 0 radical (unpaired) electrons. The van der Waals surface area contributed by atoms with Crippen LogP contribution >= 0.6 is 12.6 Å². The topological polar surface area (TPSA) is 56.6 Å². The van der Waals surface area contributed by atoms with Crippen LogP contribution < -0.4 is 15.0 Å². The predicted molar refractivity (Wildman–Crippen MR) is 126 cm³/mol. The fraction of sp³-hybridized carbons (Fsp3) is 0.417. The third-order valence-electron chi connectivity index (χ3n) is 5.96. The average molecular weight is 440 g/mol. The molecule has 0 saturated carbocycles. The Kier molecular flexibility index (Phi) is 6.53. The molecule has 1 atom stereocenters. The summed E-state index contributed by atoms with van der Waals surface area (Å²) in [6.07, 6.45) is 3.54. The molecule has 0 bridgehead atoms. The van der Waals surface area contributed by atoms with Crippen molar-refractivity contribution in [2.24, 2.45) is 0 Å². The summed E-state index contributed by atoms with van der Waals surface area (Å²) >= 11 is 4.36. The molecule has 164 valence electrons. The molecule has 0 aliphatic carbocycles. The Morgan fingerprint density at radius 1 is 1.19 bits per heavy atom. The summed E-state index contributed by atoms with van der Waals surface area (Å²) in [5, 5.41) is 0.536. The zero-order valence-corrected chi connectivity index (χ0v) is 19.2. The van der Waals surface area contributed by atoms with E-state index in [-0.39, 0.29) is 5.56 Å². The fourth-order valence-electron chi connectivity index (χ4n) is 4.28.